The zero-order valence-corrected chi connectivity index (χ0v) is 14.0. The number of H-pyrrole nitrogens is 1. The SMILES string of the molecule is Cc1ccsc1C(=O)OCc1nc2sc(C)c(C)c2c(=O)[nH]1. The number of aromatic amines is 1. The van der Waals surface area contributed by atoms with Crippen LogP contribution in [0.5, 0.6) is 0 Å². The fraction of sp³-hybridized carbons (Fsp3) is 0.267. The lowest BCUT2D eigenvalue weighted by Gasteiger charge is -2.04. The Labute approximate surface area is 134 Å². The van der Waals surface area contributed by atoms with Crippen molar-refractivity contribution in [3.05, 3.63) is 48.5 Å². The second kappa shape index (κ2) is 5.66. The topological polar surface area (TPSA) is 72.0 Å². The third kappa shape index (κ3) is 2.57. The van der Waals surface area contributed by atoms with E-state index in [1.165, 1.54) is 22.7 Å². The van der Waals surface area contributed by atoms with Crippen LogP contribution in [0.1, 0.15) is 31.5 Å². The minimum absolute atomic E-state index is 0.0443. The van der Waals surface area contributed by atoms with Gasteiger partial charge in [-0.05, 0) is 43.3 Å². The van der Waals surface area contributed by atoms with Gasteiger partial charge in [-0.1, -0.05) is 0 Å². The van der Waals surface area contributed by atoms with E-state index in [0.29, 0.717) is 20.9 Å². The summed E-state index contributed by atoms with van der Waals surface area (Å²) in [5, 5.41) is 2.46. The molecule has 0 spiro atoms. The van der Waals surface area contributed by atoms with Gasteiger partial charge in [-0.2, -0.15) is 0 Å². The first-order valence-electron chi connectivity index (χ1n) is 6.67. The predicted molar refractivity (Wildman–Crippen MR) is 87.9 cm³/mol. The number of nitrogens with one attached hydrogen (secondary N) is 1. The van der Waals surface area contributed by atoms with Gasteiger partial charge in [-0.3, -0.25) is 4.79 Å². The van der Waals surface area contributed by atoms with E-state index >= 15 is 0 Å². The molecule has 7 heteroatoms. The largest absolute Gasteiger partial charge is 0.453 e. The van der Waals surface area contributed by atoms with Crippen LogP contribution in [-0.4, -0.2) is 15.9 Å². The third-order valence-corrected chi connectivity index (χ3v) is 5.57. The standard InChI is InChI=1S/C15H14N2O3S2/c1-7-4-5-21-12(7)15(19)20-6-10-16-13(18)11-8(2)9(3)22-14(11)17-10/h4-5H,6H2,1-3H3,(H,16,17,18). The van der Waals surface area contributed by atoms with Gasteiger partial charge >= 0.3 is 5.97 Å². The first-order chi connectivity index (χ1) is 10.5. The molecule has 0 bridgehead atoms. The van der Waals surface area contributed by atoms with Gasteiger partial charge in [-0.25, -0.2) is 9.78 Å². The number of carbonyl (C=O) groups excluding carboxylic acids is 1. The van der Waals surface area contributed by atoms with Crippen LogP contribution >= 0.6 is 22.7 Å². The zero-order chi connectivity index (χ0) is 15.9. The lowest BCUT2D eigenvalue weighted by atomic mass is 10.2. The molecule has 0 saturated carbocycles. The van der Waals surface area contributed by atoms with Gasteiger partial charge in [0, 0.05) is 4.88 Å². The minimum atomic E-state index is -0.395. The summed E-state index contributed by atoms with van der Waals surface area (Å²) in [6, 6.07) is 1.87. The highest BCUT2D eigenvalue weighted by atomic mass is 32.1. The highest BCUT2D eigenvalue weighted by Crippen LogP contribution is 2.25. The van der Waals surface area contributed by atoms with Crippen LogP contribution in [0, 0.1) is 20.8 Å². The number of thiophene rings is 2. The van der Waals surface area contributed by atoms with Gasteiger partial charge < -0.3 is 9.72 Å². The van der Waals surface area contributed by atoms with Crippen molar-refractivity contribution < 1.29 is 9.53 Å². The summed E-state index contributed by atoms with van der Waals surface area (Å²) in [4.78, 5) is 33.5. The Morgan fingerprint density at radius 3 is 2.82 bits per heavy atom. The number of carbonyl (C=O) groups is 1. The van der Waals surface area contributed by atoms with Crippen LogP contribution in [0.3, 0.4) is 0 Å². The summed E-state index contributed by atoms with van der Waals surface area (Å²) in [5.41, 5.74) is 1.65. The van der Waals surface area contributed by atoms with Crippen molar-refractivity contribution in [2.24, 2.45) is 0 Å². The summed E-state index contributed by atoms with van der Waals surface area (Å²) in [6.07, 6.45) is 0. The van der Waals surface area contributed by atoms with Gasteiger partial charge in [0.05, 0.1) is 5.39 Å². The number of ether oxygens (including phenoxy) is 1. The second-order valence-corrected chi connectivity index (χ2v) is 7.10. The highest BCUT2D eigenvalue weighted by Gasteiger charge is 2.15. The van der Waals surface area contributed by atoms with E-state index in [-0.39, 0.29) is 12.2 Å². The maximum Gasteiger partial charge on any atom is 0.349 e. The van der Waals surface area contributed by atoms with Gasteiger partial charge in [0.2, 0.25) is 0 Å². The monoisotopic (exact) mass is 334 g/mol. The molecular formula is C15H14N2O3S2. The Kier molecular flexibility index (Phi) is 3.84. The molecule has 0 unspecified atom stereocenters. The smallest absolute Gasteiger partial charge is 0.349 e. The molecule has 114 valence electrons. The number of aryl methyl sites for hydroxylation is 3. The van der Waals surface area contributed by atoms with Crippen LogP contribution in [0.4, 0.5) is 0 Å². The summed E-state index contributed by atoms with van der Waals surface area (Å²) in [5.74, 6) is -0.0323. The predicted octanol–water partition coefficient (Wildman–Crippen LogP) is 3.33. The van der Waals surface area contributed by atoms with Crippen molar-refractivity contribution in [2.45, 2.75) is 27.4 Å². The molecule has 0 aliphatic rings. The molecule has 0 aliphatic heterocycles. The van der Waals surface area contributed by atoms with E-state index in [1.807, 2.05) is 32.2 Å². The molecule has 3 aromatic heterocycles. The molecular weight excluding hydrogens is 320 g/mol. The van der Waals surface area contributed by atoms with E-state index in [1.54, 1.807) is 0 Å². The summed E-state index contributed by atoms with van der Waals surface area (Å²) in [7, 11) is 0. The summed E-state index contributed by atoms with van der Waals surface area (Å²) in [6.45, 7) is 5.68. The third-order valence-electron chi connectivity index (χ3n) is 3.48. The molecule has 0 saturated heterocycles. The Bertz CT molecular complexity index is 921. The number of esters is 1. The second-order valence-electron chi connectivity index (χ2n) is 4.98. The molecule has 3 rings (SSSR count). The van der Waals surface area contributed by atoms with Gasteiger partial charge in [0.15, 0.2) is 0 Å². The Morgan fingerprint density at radius 2 is 2.14 bits per heavy atom. The number of nitrogens with zero attached hydrogens (tertiary/aromatic N) is 1. The van der Waals surface area contributed by atoms with E-state index in [4.69, 9.17) is 4.74 Å². The Balaban J connectivity index is 1.84. The minimum Gasteiger partial charge on any atom is -0.453 e. The summed E-state index contributed by atoms with van der Waals surface area (Å²) < 4.78 is 5.24. The average Bonchev–Trinajstić information content (AvgIpc) is 3.01. The van der Waals surface area contributed by atoms with E-state index in [9.17, 15) is 9.59 Å². The first kappa shape index (κ1) is 14.9. The first-order valence-corrected chi connectivity index (χ1v) is 8.37. The molecule has 1 N–H and O–H groups in total. The molecule has 0 aromatic carbocycles. The van der Waals surface area contributed by atoms with Crippen molar-refractivity contribution in [1.82, 2.24) is 9.97 Å². The number of hydrogen-bond acceptors (Lipinski definition) is 6. The molecule has 0 radical (unpaired) electrons. The van der Waals surface area contributed by atoms with Crippen molar-refractivity contribution in [3.63, 3.8) is 0 Å². The molecule has 5 nitrogen and oxygen atoms in total. The average molecular weight is 334 g/mol. The normalized spacial score (nSPS) is 11.0. The zero-order valence-electron chi connectivity index (χ0n) is 12.4. The maximum atomic E-state index is 12.1. The van der Waals surface area contributed by atoms with E-state index in [2.05, 4.69) is 9.97 Å². The quantitative estimate of drug-likeness (QED) is 0.746. The fourth-order valence-corrected chi connectivity index (χ4v) is 4.02. The highest BCUT2D eigenvalue weighted by molar-refractivity contribution is 7.18. The van der Waals surface area contributed by atoms with Gasteiger partial charge in [0.1, 0.15) is 22.1 Å². The molecule has 0 atom stereocenters. The molecule has 0 aliphatic carbocycles. The van der Waals surface area contributed by atoms with Crippen molar-refractivity contribution in [2.75, 3.05) is 0 Å². The van der Waals surface area contributed by atoms with Crippen molar-refractivity contribution in [3.8, 4) is 0 Å². The van der Waals surface area contributed by atoms with Gasteiger partial charge in [0.25, 0.3) is 5.56 Å². The van der Waals surface area contributed by atoms with Crippen LogP contribution in [-0.2, 0) is 11.3 Å². The number of hydrogen-bond donors (Lipinski definition) is 1. The fourth-order valence-electron chi connectivity index (χ4n) is 2.15. The molecule has 22 heavy (non-hydrogen) atoms. The lowest BCUT2D eigenvalue weighted by Crippen LogP contribution is -2.14. The number of rotatable bonds is 3. The molecule has 3 aromatic rings. The van der Waals surface area contributed by atoms with Crippen molar-refractivity contribution in [1.29, 1.82) is 0 Å². The Hall–Kier alpha value is -1.99. The van der Waals surface area contributed by atoms with E-state index < -0.39 is 5.97 Å². The van der Waals surface area contributed by atoms with Crippen molar-refractivity contribution >= 4 is 38.9 Å². The van der Waals surface area contributed by atoms with E-state index in [0.717, 1.165) is 16.0 Å². The number of aromatic nitrogens is 2. The lowest BCUT2D eigenvalue weighted by molar-refractivity contribution is 0.0467. The van der Waals surface area contributed by atoms with Crippen LogP contribution < -0.4 is 5.56 Å². The molecule has 0 fully saturated rings. The van der Waals surface area contributed by atoms with Crippen LogP contribution in [0.25, 0.3) is 10.2 Å². The molecule has 0 amide bonds. The van der Waals surface area contributed by atoms with Crippen LogP contribution in [0.15, 0.2) is 16.2 Å². The van der Waals surface area contributed by atoms with Crippen LogP contribution in [0.2, 0.25) is 0 Å². The maximum absolute atomic E-state index is 12.1. The Morgan fingerprint density at radius 1 is 1.36 bits per heavy atom. The molecule has 3 heterocycles. The van der Waals surface area contributed by atoms with Gasteiger partial charge in [-0.15, -0.1) is 22.7 Å². The number of fused-ring (bicyclic) bond motifs is 1. The summed E-state index contributed by atoms with van der Waals surface area (Å²) >= 11 is 2.81.